The standard InChI is InChI=1S/C20H37N3O3/c1-19(2,3)23(26)15-20(12-8-5-9-13-20)22-18(25)21-17(14-24)16-10-6-4-7-11-16/h14,16-17,26H,4-13,15H2,1-3H3,(H2,21,22,25). The average Bonchev–Trinajstić information content (AvgIpc) is 2.60. The van der Waals surface area contributed by atoms with Crippen LogP contribution in [0.4, 0.5) is 4.79 Å². The molecule has 1 atom stereocenters. The van der Waals surface area contributed by atoms with Crippen molar-refractivity contribution in [2.75, 3.05) is 6.54 Å². The minimum Gasteiger partial charge on any atom is -0.331 e. The van der Waals surface area contributed by atoms with E-state index in [1.165, 1.54) is 11.5 Å². The smallest absolute Gasteiger partial charge is 0.315 e. The quantitative estimate of drug-likeness (QED) is 0.495. The van der Waals surface area contributed by atoms with Gasteiger partial charge in [-0.15, -0.1) is 0 Å². The Hall–Kier alpha value is -1.14. The Bertz CT molecular complexity index is 463. The van der Waals surface area contributed by atoms with Gasteiger partial charge < -0.3 is 20.6 Å². The monoisotopic (exact) mass is 367 g/mol. The summed E-state index contributed by atoms with van der Waals surface area (Å²) < 4.78 is 0. The lowest BCUT2D eigenvalue weighted by molar-refractivity contribution is -0.170. The summed E-state index contributed by atoms with van der Waals surface area (Å²) in [5.41, 5.74) is -0.819. The Morgan fingerprint density at radius 3 is 2.27 bits per heavy atom. The van der Waals surface area contributed by atoms with Crippen LogP contribution >= 0.6 is 0 Å². The first-order valence-electron chi connectivity index (χ1n) is 10.3. The first-order valence-corrected chi connectivity index (χ1v) is 10.3. The van der Waals surface area contributed by atoms with Gasteiger partial charge in [0.1, 0.15) is 6.29 Å². The lowest BCUT2D eigenvalue weighted by atomic mass is 9.81. The van der Waals surface area contributed by atoms with Crippen LogP contribution in [0.1, 0.15) is 85.0 Å². The molecule has 2 aliphatic carbocycles. The minimum atomic E-state index is -0.440. The lowest BCUT2D eigenvalue weighted by Gasteiger charge is -2.43. The predicted octanol–water partition coefficient (Wildman–Crippen LogP) is 3.63. The summed E-state index contributed by atoms with van der Waals surface area (Å²) >= 11 is 0. The van der Waals surface area contributed by atoms with E-state index in [1.807, 2.05) is 20.8 Å². The number of hydrogen-bond acceptors (Lipinski definition) is 4. The molecule has 0 bridgehead atoms. The maximum absolute atomic E-state index is 12.7. The number of nitrogens with zero attached hydrogens (tertiary/aromatic N) is 1. The van der Waals surface area contributed by atoms with Crippen molar-refractivity contribution in [3.63, 3.8) is 0 Å². The van der Waals surface area contributed by atoms with Gasteiger partial charge in [-0.3, -0.25) is 0 Å². The van der Waals surface area contributed by atoms with Crippen molar-refractivity contribution >= 4 is 12.3 Å². The summed E-state index contributed by atoms with van der Waals surface area (Å²) in [5, 5.41) is 17.8. The van der Waals surface area contributed by atoms with Gasteiger partial charge in [0, 0.05) is 12.1 Å². The second kappa shape index (κ2) is 9.18. The zero-order valence-electron chi connectivity index (χ0n) is 16.7. The number of hydrogen-bond donors (Lipinski definition) is 3. The molecule has 0 spiro atoms. The van der Waals surface area contributed by atoms with Crippen molar-refractivity contribution in [1.82, 2.24) is 15.7 Å². The number of hydroxylamine groups is 2. The fraction of sp³-hybridized carbons (Fsp3) is 0.900. The molecule has 0 aromatic rings. The average molecular weight is 368 g/mol. The van der Waals surface area contributed by atoms with E-state index in [0.29, 0.717) is 6.54 Å². The van der Waals surface area contributed by atoms with E-state index in [9.17, 15) is 14.8 Å². The molecular formula is C20H37N3O3. The van der Waals surface area contributed by atoms with Crippen molar-refractivity contribution in [3.8, 4) is 0 Å². The number of amides is 2. The third-order valence-corrected chi connectivity index (χ3v) is 6.02. The van der Waals surface area contributed by atoms with E-state index in [0.717, 1.165) is 64.1 Å². The van der Waals surface area contributed by atoms with Crippen molar-refractivity contribution in [1.29, 1.82) is 0 Å². The summed E-state index contributed by atoms with van der Waals surface area (Å²) in [7, 11) is 0. The van der Waals surface area contributed by atoms with E-state index in [4.69, 9.17) is 0 Å². The molecule has 0 radical (unpaired) electrons. The van der Waals surface area contributed by atoms with E-state index < -0.39 is 11.6 Å². The maximum Gasteiger partial charge on any atom is 0.315 e. The van der Waals surface area contributed by atoms with E-state index in [-0.39, 0.29) is 17.5 Å². The fourth-order valence-electron chi connectivity index (χ4n) is 4.26. The molecule has 0 aromatic heterocycles. The van der Waals surface area contributed by atoms with Crippen LogP contribution in [0, 0.1) is 5.92 Å². The van der Waals surface area contributed by atoms with Crippen molar-refractivity contribution in [2.24, 2.45) is 5.92 Å². The first kappa shape index (κ1) is 21.2. The van der Waals surface area contributed by atoms with Gasteiger partial charge >= 0.3 is 6.03 Å². The number of urea groups is 1. The van der Waals surface area contributed by atoms with Crippen LogP contribution in [0.25, 0.3) is 0 Å². The van der Waals surface area contributed by atoms with Gasteiger partial charge in [-0.1, -0.05) is 38.5 Å². The molecule has 2 aliphatic rings. The molecule has 2 saturated carbocycles. The van der Waals surface area contributed by atoms with Crippen LogP contribution in [-0.2, 0) is 4.79 Å². The third-order valence-electron chi connectivity index (χ3n) is 6.02. The maximum atomic E-state index is 12.7. The van der Waals surface area contributed by atoms with E-state index in [2.05, 4.69) is 10.6 Å². The summed E-state index contributed by atoms with van der Waals surface area (Å²) in [5.74, 6) is 0.248. The van der Waals surface area contributed by atoms with Crippen LogP contribution < -0.4 is 10.6 Å². The fourth-order valence-corrected chi connectivity index (χ4v) is 4.26. The molecule has 0 saturated heterocycles. The SMILES string of the molecule is CC(C)(C)N(O)CC1(NC(=O)NC(C=O)C2CCCCC2)CCCCC1. The molecule has 0 heterocycles. The molecule has 1 unspecified atom stereocenters. The summed E-state index contributed by atoms with van der Waals surface area (Å²) in [4.78, 5) is 24.2. The molecule has 2 amide bonds. The molecule has 0 aromatic carbocycles. The molecule has 6 nitrogen and oxygen atoms in total. The van der Waals surface area contributed by atoms with Gasteiger partial charge in [0.2, 0.25) is 0 Å². The summed E-state index contributed by atoms with van der Waals surface area (Å²) in [6, 6.07) is -0.694. The molecule has 2 rings (SSSR count). The Morgan fingerprint density at radius 2 is 1.73 bits per heavy atom. The number of rotatable bonds is 6. The molecule has 26 heavy (non-hydrogen) atoms. The summed E-state index contributed by atoms with van der Waals surface area (Å²) in [6.45, 7) is 6.26. The lowest BCUT2D eigenvalue weighted by Crippen LogP contribution is -2.61. The highest BCUT2D eigenvalue weighted by molar-refractivity contribution is 5.78. The normalized spacial score (nSPS) is 22.7. The van der Waals surface area contributed by atoms with Gasteiger partial charge in [-0.2, -0.15) is 5.06 Å². The number of aldehydes is 1. The highest BCUT2D eigenvalue weighted by Gasteiger charge is 2.38. The van der Waals surface area contributed by atoms with Gasteiger partial charge in [0.05, 0.1) is 11.6 Å². The van der Waals surface area contributed by atoms with Crippen molar-refractivity contribution < 1.29 is 14.8 Å². The predicted molar refractivity (Wildman–Crippen MR) is 102 cm³/mol. The largest absolute Gasteiger partial charge is 0.331 e. The molecule has 6 heteroatoms. The Balaban J connectivity index is 1.99. The highest BCUT2D eigenvalue weighted by atomic mass is 16.5. The van der Waals surface area contributed by atoms with Crippen LogP contribution in [0.5, 0.6) is 0 Å². The van der Waals surface area contributed by atoms with Gasteiger partial charge in [-0.25, -0.2) is 4.79 Å². The first-order chi connectivity index (χ1) is 12.3. The van der Waals surface area contributed by atoms with E-state index in [1.54, 1.807) is 0 Å². The van der Waals surface area contributed by atoms with Crippen LogP contribution in [0.3, 0.4) is 0 Å². The second-order valence-corrected chi connectivity index (χ2v) is 9.23. The van der Waals surface area contributed by atoms with Crippen LogP contribution in [-0.4, -0.2) is 46.3 Å². The highest BCUT2D eigenvalue weighted by Crippen LogP contribution is 2.31. The van der Waals surface area contributed by atoms with Gasteiger partial charge in [0.15, 0.2) is 0 Å². The minimum absolute atomic E-state index is 0.248. The number of carbonyl (C=O) groups is 2. The molecular weight excluding hydrogens is 330 g/mol. The Kier molecular flexibility index (Phi) is 7.47. The van der Waals surface area contributed by atoms with E-state index >= 15 is 0 Å². The zero-order chi connectivity index (χ0) is 19.2. The number of nitrogens with one attached hydrogen (secondary N) is 2. The molecule has 2 fully saturated rings. The van der Waals surface area contributed by atoms with Crippen LogP contribution in [0.15, 0.2) is 0 Å². The Labute approximate surface area is 158 Å². The Morgan fingerprint density at radius 1 is 1.15 bits per heavy atom. The zero-order valence-corrected chi connectivity index (χ0v) is 16.7. The van der Waals surface area contributed by atoms with Gasteiger partial charge in [-0.05, 0) is 52.4 Å². The molecule has 3 N–H and O–H groups in total. The number of carbonyl (C=O) groups excluding carboxylic acids is 2. The second-order valence-electron chi connectivity index (χ2n) is 9.23. The topological polar surface area (TPSA) is 81.7 Å². The summed E-state index contributed by atoms with van der Waals surface area (Å²) in [6.07, 6.45) is 11.3. The molecule has 0 aliphatic heterocycles. The van der Waals surface area contributed by atoms with Crippen molar-refractivity contribution in [3.05, 3.63) is 0 Å². The third kappa shape index (κ3) is 5.95. The van der Waals surface area contributed by atoms with Crippen molar-refractivity contribution in [2.45, 2.75) is 102 Å². The van der Waals surface area contributed by atoms with Gasteiger partial charge in [0.25, 0.3) is 0 Å². The molecule has 150 valence electrons. The van der Waals surface area contributed by atoms with Crippen LogP contribution in [0.2, 0.25) is 0 Å².